The Hall–Kier alpha value is -1.26. The van der Waals surface area contributed by atoms with Crippen molar-refractivity contribution in [2.24, 2.45) is 0 Å². The molecule has 0 radical (unpaired) electrons. The van der Waals surface area contributed by atoms with Gasteiger partial charge in [-0.05, 0) is 18.2 Å². The van der Waals surface area contributed by atoms with Crippen LogP contribution < -0.4 is 0 Å². The highest BCUT2D eigenvalue weighted by Gasteiger charge is 2.09. The van der Waals surface area contributed by atoms with Gasteiger partial charge in [0.15, 0.2) is 0 Å². The number of hydrogen-bond donors (Lipinski definition) is 0. The molecule has 4 nitrogen and oxygen atoms in total. The molecule has 1 heterocycles. The van der Waals surface area contributed by atoms with Gasteiger partial charge in [0.25, 0.3) is 0 Å². The van der Waals surface area contributed by atoms with Crippen molar-refractivity contribution < 1.29 is 9.34 Å². The zero-order valence-electron chi connectivity index (χ0n) is 6.81. The van der Waals surface area contributed by atoms with Gasteiger partial charge in [-0.25, -0.2) is 0 Å². The third-order valence-corrected chi connectivity index (χ3v) is 1.53. The molecule has 74 valence electrons. The molecular weight excluding hydrogens is 229 g/mol. The van der Waals surface area contributed by atoms with Gasteiger partial charge >= 0.3 is 5.88 Å². The minimum atomic E-state index is -0.609. The second-order valence-electron chi connectivity index (χ2n) is 2.25. The number of furan rings is 1. The van der Waals surface area contributed by atoms with Crippen LogP contribution >= 0.6 is 23.2 Å². The maximum absolute atomic E-state index is 10.2. The van der Waals surface area contributed by atoms with Crippen molar-refractivity contribution in [2.75, 3.05) is 0 Å². The highest BCUT2D eigenvalue weighted by Crippen LogP contribution is 2.17. The standard InChI is InChI=1S/C8H5Cl2NO3/c9-7(10)3-1-2-6-4-5-8(14-6)11(12)13/h1-5H. The molecule has 6 heteroatoms. The van der Waals surface area contributed by atoms with E-state index in [1.807, 2.05) is 0 Å². The minimum Gasteiger partial charge on any atom is -0.401 e. The first-order chi connectivity index (χ1) is 6.59. The Bertz CT molecular complexity index is 391. The Kier molecular flexibility index (Phi) is 3.73. The van der Waals surface area contributed by atoms with E-state index < -0.39 is 4.92 Å². The third-order valence-electron chi connectivity index (χ3n) is 1.28. The number of nitro groups is 1. The number of hydrogen-bond acceptors (Lipinski definition) is 3. The summed E-state index contributed by atoms with van der Waals surface area (Å²) in [5.74, 6) is 0.0631. The lowest BCUT2D eigenvalue weighted by atomic mass is 10.4. The molecule has 0 unspecified atom stereocenters. The van der Waals surface area contributed by atoms with E-state index in [4.69, 9.17) is 27.6 Å². The Morgan fingerprint density at radius 2 is 2.21 bits per heavy atom. The quantitative estimate of drug-likeness (QED) is 0.456. The predicted octanol–water partition coefficient (Wildman–Crippen LogP) is 3.52. The molecule has 0 bridgehead atoms. The summed E-state index contributed by atoms with van der Waals surface area (Å²) < 4.78 is 4.92. The van der Waals surface area contributed by atoms with Crippen LogP contribution in [0.2, 0.25) is 0 Å². The van der Waals surface area contributed by atoms with Crippen LogP contribution in [0.5, 0.6) is 0 Å². The zero-order chi connectivity index (χ0) is 10.6. The van der Waals surface area contributed by atoms with E-state index >= 15 is 0 Å². The minimum absolute atomic E-state index is 0.0994. The molecule has 0 aliphatic rings. The first-order valence-corrected chi connectivity index (χ1v) is 4.29. The maximum Gasteiger partial charge on any atom is 0.433 e. The number of halogens is 2. The average molecular weight is 234 g/mol. The molecule has 1 aromatic heterocycles. The summed E-state index contributed by atoms with van der Waals surface area (Å²) >= 11 is 10.7. The first kappa shape index (κ1) is 10.8. The zero-order valence-corrected chi connectivity index (χ0v) is 8.33. The van der Waals surface area contributed by atoms with Gasteiger partial charge in [-0.3, -0.25) is 10.1 Å². The van der Waals surface area contributed by atoms with Gasteiger partial charge in [0, 0.05) is 0 Å². The molecular formula is C8H5Cl2NO3. The van der Waals surface area contributed by atoms with Crippen LogP contribution in [0.4, 0.5) is 5.88 Å². The fourth-order valence-corrected chi connectivity index (χ4v) is 0.891. The van der Waals surface area contributed by atoms with E-state index in [2.05, 4.69) is 0 Å². The van der Waals surface area contributed by atoms with Crippen molar-refractivity contribution in [3.63, 3.8) is 0 Å². The highest BCUT2D eigenvalue weighted by atomic mass is 35.5. The molecule has 1 aromatic rings. The normalized spacial score (nSPS) is 10.4. The van der Waals surface area contributed by atoms with Crippen molar-refractivity contribution >= 4 is 35.2 Å². The molecule has 0 aliphatic heterocycles. The van der Waals surface area contributed by atoms with Crippen molar-refractivity contribution in [1.29, 1.82) is 0 Å². The van der Waals surface area contributed by atoms with E-state index in [0.717, 1.165) is 0 Å². The van der Waals surface area contributed by atoms with Crippen LogP contribution in [0.3, 0.4) is 0 Å². The van der Waals surface area contributed by atoms with Crippen LogP contribution in [0, 0.1) is 10.1 Å². The van der Waals surface area contributed by atoms with E-state index in [1.54, 1.807) is 0 Å². The molecule has 0 amide bonds. The first-order valence-electron chi connectivity index (χ1n) is 3.53. The summed E-state index contributed by atoms with van der Waals surface area (Å²) in [6.07, 6.45) is 4.47. The van der Waals surface area contributed by atoms with Gasteiger partial charge in [0.05, 0.1) is 6.07 Å². The molecule has 14 heavy (non-hydrogen) atoms. The molecule has 0 saturated carbocycles. The summed E-state index contributed by atoms with van der Waals surface area (Å²) in [4.78, 5) is 9.62. The van der Waals surface area contributed by atoms with Gasteiger partial charge in [-0.2, -0.15) is 0 Å². The molecule has 0 spiro atoms. The van der Waals surface area contributed by atoms with Gasteiger partial charge in [-0.15, -0.1) is 0 Å². The predicted molar refractivity (Wildman–Crippen MR) is 54.2 cm³/mol. The van der Waals surface area contributed by atoms with Crippen LogP contribution in [0.15, 0.2) is 33.2 Å². The van der Waals surface area contributed by atoms with E-state index in [1.165, 1.54) is 30.4 Å². The Morgan fingerprint density at radius 3 is 2.71 bits per heavy atom. The monoisotopic (exact) mass is 233 g/mol. The molecule has 1 rings (SSSR count). The van der Waals surface area contributed by atoms with Crippen molar-refractivity contribution in [2.45, 2.75) is 0 Å². The summed E-state index contributed by atoms with van der Waals surface area (Å²) in [7, 11) is 0. The fraction of sp³-hybridized carbons (Fsp3) is 0. The molecule has 0 N–H and O–H groups in total. The van der Waals surface area contributed by atoms with Gasteiger partial charge in [0.2, 0.25) is 0 Å². The largest absolute Gasteiger partial charge is 0.433 e. The summed E-state index contributed by atoms with van der Waals surface area (Å²) in [6, 6.07) is 2.75. The lowest BCUT2D eigenvalue weighted by Gasteiger charge is -1.82. The molecule has 0 aromatic carbocycles. The molecule has 0 saturated heterocycles. The van der Waals surface area contributed by atoms with Crippen molar-refractivity contribution in [3.05, 3.63) is 44.7 Å². The SMILES string of the molecule is O=[N+]([O-])c1ccc(C=CC=C(Cl)Cl)o1. The molecule has 0 atom stereocenters. The summed E-state index contributed by atoms with van der Waals surface area (Å²) in [6.45, 7) is 0. The summed E-state index contributed by atoms with van der Waals surface area (Å²) in [5, 5.41) is 10.2. The smallest absolute Gasteiger partial charge is 0.401 e. The van der Waals surface area contributed by atoms with Crippen LogP contribution in [-0.4, -0.2) is 4.92 Å². The molecule has 0 fully saturated rings. The van der Waals surface area contributed by atoms with Crippen LogP contribution in [0.1, 0.15) is 5.76 Å². The van der Waals surface area contributed by atoms with Crippen LogP contribution in [0.25, 0.3) is 6.08 Å². The summed E-state index contributed by atoms with van der Waals surface area (Å²) in [5.41, 5.74) is 0. The number of allylic oxidation sites excluding steroid dienone is 2. The fourth-order valence-electron chi connectivity index (χ4n) is 0.746. The van der Waals surface area contributed by atoms with Gasteiger partial charge in [0.1, 0.15) is 15.2 Å². The van der Waals surface area contributed by atoms with Gasteiger partial charge < -0.3 is 4.42 Å². The van der Waals surface area contributed by atoms with E-state index in [9.17, 15) is 10.1 Å². The Labute approximate surface area is 89.6 Å². The van der Waals surface area contributed by atoms with E-state index in [-0.39, 0.29) is 10.4 Å². The van der Waals surface area contributed by atoms with Gasteiger partial charge in [-0.1, -0.05) is 29.3 Å². The van der Waals surface area contributed by atoms with Crippen molar-refractivity contribution in [1.82, 2.24) is 0 Å². The molecule has 0 aliphatic carbocycles. The van der Waals surface area contributed by atoms with Crippen LogP contribution in [-0.2, 0) is 0 Å². The Morgan fingerprint density at radius 1 is 1.50 bits per heavy atom. The lowest BCUT2D eigenvalue weighted by molar-refractivity contribution is -0.402. The van der Waals surface area contributed by atoms with Crippen molar-refractivity contribution in [3.8, 4) is 0 Å². The second-order valence-corrected chi connectivity index (χ2v) is 3.26. The lowest BCUT2D eigenvalue weighted by Crippen LogP contribution is -1.82. The second kappa shape index (κ2) is 4.83. The van der Waals surface area contributed by atoms with E-state index in [0.29, 0.717) is 5.76 Å². The number of rotatable bonds is 3. The Balaban J connectivity index is 2.74. The number of nitrogens with zero attached hydrogens (tertiary/aromatic N) is 1. The highest BCUT2D eigenvalue weighted by molar-refractivity contribution is 6.56. The third kappa shape index (κ3) is 3.24. The topological polar surface area (TPSA) is 56.3 Å². The average Bonchev–Trinajstić information content (AvgIpc) is 2.52. The maximum atomic E-state index is 10.2.